The predicted octanol–water partition coefficient (Wildman–Crippen LogP) is 5.17. The summed E-state index contributed by atoms with van der Waals surface area (Å²) < 4.78 is 13.6. The maximum absolute atomic E-state index is 13.6. The summed E-state index contributed by atoms with van der Waals surface area (Å²) >= 11 is 0. The number of nitrogens with zero attached hydrogens (tertiary/aromatic N) is 3. The van der Waals surface area contributed by atoms with E-state index in [-0.39, 0.29) is 5.82 Å². The highest BCUT2D eigenvalue weighted by Crippen LogP contribution is 2.30. The molecule has 26 heavy (non-hydrogen) atoms. The molecule has 4 aromatic rings. The van der Waals surface area contributed by atoms with E-state index in [9.17, 15) is 4.39 Å². The lowest BCUT2D eigenvalue weighted by Gasteiger charge is -2.16. The summed E-state index contributed by atoms with van der Waals surface area (Å²) in [5.74, 6) is 1.29. The van der Waals surface area contributed by atoms with Crippen LogP contribution in [0.2, 0.25) is 0 Å². The Bertz CT molecular complexity index is 1080. The Morgan fingerprint density at radius 3 is 2.19 bits per heavy atom. The topological polar surface area (TPSA) is 29.0 Å². The van der Waals surface area contributed by atoms with Crippen molar-refractivity contribution in [1.82, 2.24) is 9.97 Å². The van der Waals surface area contributed by atoms with Crippen molar-refractivity contribution in [3.8, 4) is 22.5 Å². The fraction of sp³-hybridized carbons (Fsp3) is 0.0909. The van der Waals surface area contributed by atoms with E-state index in [1.807, 2.05) is 73.6 Å². The van der Waals surface area contributed by atoms with Crippen molar-refractivity contribution in [1.29, 1.82) is 0 Å². The second-order valence-electron chi connectivity index (χ2n) is 6.37. The second-order valence-corrected chi connectivity index (χ2v) is 6.37. The molecule has 0 aliphatic carbocycles. The molecule has 1 heterocycles. The number of fused-ring (bicyclic) bond motifs is 1. The first-order chi connectivity index (χ1) is 12.6. The molecule has 4 rings (SSSR count). The number of hydrogen-bond donors (Lipinski definition) is 0. The highest BCUT2D eigenvalue weighted by Gasteiger charge is 2.12. The van der Waals surface area contributed by atoms with Crippen LogP contribution in [0.15, 0.2) is 72.8 Å². The van der Waals surface area contributed by atoms with Gasteiger partial charge in [-0.3, -0.25) is 0 Å². The summed E-state index contributed by atoms with van der Waals surface area (Å²) in [5, 5.41) is 0.941. The molecule has 0 N–H and O–H groups in total. The molecular weight excluding hydrogens is 325 g/mol. The standard InChI is InChI=1S/C22H18FN3/c1-26(2)22-19-14-17(16-9-6-10-18(23)13-16)11-12-20(19)24-21(25-22)15-7-4-3-5-8-15/h3-14H,1-2H3. The van der Waals surface area contributed by atoms with Gasteiger partial charge in [-0.05, 0) is 35.4 Å². The Morgan fingerprint density at radius 1 is 0.731 bits per heavy atom. The molecule has 0 unspecified atom stereocenters. The minimum atomic E-state index is -0.244. The van der Waals surface area contributed by atoms with Gasteiger partial charge in [-0.2, -0.15) is 0 Å². The van der Waals surface area contributed by atoms with E-state index in [1.54, 1.807) is 6.07 Å². The van der Waals surface area contributed by atoms with Crippen molar-refractivity contribution in [3.05, 3.63) is 78.6 Å². The van der Waals surface area contributed by atoms with Crippen LogP contribution in [0.4, 0.5) is 10.2 Å². The van der Waals surface area contributed by atoms with E-state index in [4.69, 9.17) is 9.97 Å². The monoisotopic (exact) mass is 343 g/mol. The molecule has 4 heteroatoms. The van der Waals surface area contributed by atoms with Crippen molar-refractivity contribution >= 4 is 16.7 Å². The SMILES string of the molecule is CN(C)c1nc(-c2ccccc2)nc2ccc(-c3cccc(F)c3)cc12. The average Bonchev–Trinajstić information content (AvgIpc) is 2.67. The fourth-order valence-electron chi connectivity index (χ4n) is 3.02. The number of aromatic nitrogens is 2. The van der Waals surface area contributed by atoms with Gasteiger partial charge in [-0.15, -0.1) is 0 Å². The summed E-state index contributed by atoms with van der Waals surface area (Å²) in [6.45, 7) is 0. The Labute approximate surface area is 151 Å². The zero-order valence-corrected chi connectivity index (χ0v) is 14.6. The molecule has 0 atom stereocenters. The Kier molecular flexibility index (Phi) is 4.09. The van der Waals surface area contributed by atoms with E-state index < -0.39 is 0 Å². The van der Waals surface area contributed by atoms with Crippen LogP contribution in [-0.2, 0) is 0 Å². The van der Waals surface area contributed by atoms with Gasteiger partial charge in [-0.25, -0.2) is 14.4 Å². The number of anilines is 1. The third-order valence-corrected chi connectivity index (χ3v) is 4.29. The van der Waals surface area contributed by atoms with Crippen LogP contribution in [-0.4, -0.2) is 24.1 Å². The van der Waals surface area contributed by atoms with Gasteiger partial charge in [0, 0.05) is 25.0 Å². The van der Waals surface area contributed by atoms with Gasteiger partial charge < -0.3 is 4.90 Å². The zero-order valence-electron chi connectivity index (χ0n) is 14.6. The molecule has 3 aromatic carbocycles. The third kappa shape index (κ3) is 3.02. The minimum absolute atomic E-state index is 0.244. The Balaban J connectivity index is 1.92. The first-order valence-corrected chi connectivity index (χ1v) is 8.42. The van der Waals surface area contributed by atoms with Gasteiger partial charge >= 0.3 is 0 Å². The average molecular weight is 343 g/mol. The normalized spacial score (nSPS) is 10.9. The lowest BCUT2D eigenvalue weighted by atomic mass is 10.0. The minimum Gasteiger partial charge on any atom is -0.362 e. The lowest BCUT2D eigenvalue weighted by Crippen LogP contribution is -2.12. The summed E-state index contributed by atoms with van der Waals surface area (Å²) in [7, 11) is 3.93. The molecule has 0 aliphatic heterocycles. The van der Waals surface area contributed by atoms with Gasteiger partial charge in [0.25, 0.3) is 0 Å². The summed E-state index contributed by atoms with van der Waals surface area (Å²) in [5.41, 5.74) is 3.62. The third-order valence-electron chi connectivity index (χ3n) is 4.29. The zero-order chi connectivity index (χ0) is 18.1. The van der Waals surface area contributed by atoms with E-state index >= 15 is 0 Å². The molecule has 0 bridgehead atoms. The maximum Gasteiger partial charge on any atom is 0.162 e. The molecule has 1 aromatic heterocycles. The largest absolute Gasteiger partial charge is 0.362 e. The quantitative estimate of drug-likeness (QED) is 0.514. The fourth-order valence-corrected chi connectivity index (χ4v) is 3.02. The van der Waals surface area contributed by atoms with E-state index in [0.717, 1.165) is 33.4 Å². The van der Waals surface area contributed by atoms with Crippen LogP contribution in [0.5, 0.6) is 0 Å². The van der Waals surface area contributed by atoms with Gasteiger partial charge in [0.15, 0.2) is 5.82 Å². The van der Waals surface area contributed by atoms with Crippen molar-refractivity contribution in [2.75, 3.05) is 19.0 Å². The molecule has 0 saturated heterocycles. The van der Waals surface area contributed by atoms with Crippen molar-refractivity contribution < 1.29 is 4.39 Å². The summed E-state index contributed by atoms with van der Waals surface area (Å²) in [6.07, 6.45) is 0. The molecule has 0 aliphatic rings. The first-order valence-electron chi connectivity index (χ1n) is 8.42. The molecule has 0 spiro atoms. The molecule has 0 amide bonds. The number of halogens is 1. The van der Waals surface area contributed by atoms with Crippen molar-refractivity contribution in [2.24, 2.45) is 0 Å². The molecule has 0 radical (unpaired) electrons. The lowest BCUT2D eigenvalue weighted by molar-refractivity contribution is 0.628. The summed E-state index contributed by atoms with van der Waals surface area (Å²) in [4.78, 5) is 11.5. The highest BCUT2D eigenvalue weighted by molar-refractivity contribution is 5.94. The van der Waals surface area contributed by atoms with Crippen molar-refractivity contribution in [3.63, 3.8) is 0 Å². The highest BCUT2D eigenvalue weighted by atomic mass is 19.1. The number of hydrogen-bond acceptors (Lipinski definition) is 3. The van der Waals surface area contributed by atoms with E-state index in [2.05, 4.69) is 0 Å². The Hall–Kier alpha value is -3.27. The van der Waals surface area contributed by atoms with Crippen LogP contribution in [0.25, 0.3) is 33.4 Å². The van der Waals surface area contributed by atoms with Crippen LogP contribution < -0.4 is 4.90 Å². The van der Waals surface area contributed by atoms with Crippen molar-refractivity contribution in [2.45, 2.75) is 0 Å². The Morgan fingerprint density at radius 2 is 1.46 bits per heavy atom. The maximum atomic E-state index is 13.6. The molecule has 0 saturated carbocycles. The van der Waals surface area contributed by atoms with Crippen LogP contribution in [0.1, 0.15) is 0 Å². The predicted molar refractivity (Wildman–Crippen MR) is 105 cm³/mol. The number of benzene rings is 3. The smallest absolute Gasteiger partial charge is 0.162 e. The first kappa shape index (κ1) is 16.2. The second kappa shape index (κ2) is 6.56. The summed E-state index contributed by atoms with van der Waals surface area (Å²) in [6, 6.07) is 22.5. The van der Waals surface area contributed by atoms with E-state index in [0.29, 0.717) is 5.82 Å². The van der Waals surface area contributed by atoms with Crippen LogP contribution in [0.3, 0.4) is 0 Å². The van der Waals surface area contributed by atoms with Gasteiger partial charge in [0.1, 0.15) is 11.6 Å². The van der Waals surface area contributed by atoms with Crippen LogP contribution in [0, 0.1) is 5.82 Å². The van der Waals surface area contributed by atoms with Crippen LogP contribution >= 0.6 is 0 Å². The van der Waals surface area contributed by atoms with Gasteiger partial charge in [0.2, 0.25) is 0 Å². The molecule has 0 fully saturated rings. The van der Waals surface area contributed by atoms with Gasteiger partial charge in [0.05, 0.1) is 5.52 Å². The van der Waals surface area contributed by atoms with Gasteiger partial charge in [-0.1, -0.05) is 48.5 Å². The van der Waals surface area contributed by atoms with E-state index in [1.165, 1.54) is 12.1 Å². The molecule has 3 nitrogen and oxygen atoms in total. The number of rotatable bonds is 3. The molecule has 128 valence electrons. The molecular formula is C22H18FN3.